The van der Waals surface area contributed by atoms with Gasteiger partial charge in [0.2, 0.25) is 0 Å². The molecule has 0 unspecified atom stereocenters. The average Bonchev–Trinajstić information content (AvgIpc) is 3.30. The lowest BCUT2D eigenvalue weighted by Crippen LogP contribution is -2.40. The minimum Gasteiger partial charge on any atom is -0.494 e. The quantitative estimate of drug-likeness (QED) is 0.212. The van der Waals surface area contributed by atoms with Crippen LogP contribution in [-0.4, -0.2) is 50.0 Å². The van der Waals surface area contributed by atoms with Crippen LogP contribution in [0.5, 0.6) is 17.2 Å². The predicted octanol–water partition coefficient (Wildman–Crippen LogP) is 3.93. The topological polar surface area (TPSA) is 115 Å². The van der Waals surface area contributed by atoms with E-state index < -0.39 is 18.0 Å². The summed E-state index contributed by atoms with van der Waals surface area (Å²) in [7, 11) is 1.28. The van der Waals surface area contributed by atoms with Crippen LogP contribution >= 0.6 is 11.3 Å². The standard InChI is InChI=1S/C32H36N2O8S/c1-6-9-16-41-23-13-10-21(11-14-23)17-26-30(36)34-29(28(31(37)40-8-3)20(4)33-32(34)43-26)22-12-15-24(25(18-22)39-7-2)42-19-27(35)38-5/h10-15,17-18,29H,6-9,16,19H2,1-5H3/b26-17-/t29-/m0/s1. The summed E-state index contributed by atoms with van der Waals surface area (Å²) in [6.45, 7) is 8.21. The van der Waals surface area contributed by atoms with Crippen LogP contribution in [0.1, 0.15) is 57.7 Å². The molecular formula is C32H36N2O8S. The highest BCUT2D eigenvalue weighted by molar-refractivity contribution is 7.07. The Balaban J connectivity index is 1.80. The third-order valence-corrected chi connectivity index (χ3v) is 7.60. The van der Waals surface area contributed by atoms with Crippen molar-refractivity contribution in [2.45, 2.75) is 46.6 Å². The van der Waals surface area contributed by atoms with E-state index in [9.17, 15) is 14.4 Å². The molecule has 3 aromatic rings. The average molecular weight is 609 g/mol. The third kappa shape index (κ3) is 7.34. The number of thiazole rings is 1. The molecule has 0 saturated carbocycles. The summed E-state index contributed by atoms with van der Waals surface area (Å²) in [6, 6.07) is 11.8. The molecule has 10 nitrogen and oxygen atoms in total. The summed E-state index contributed by atoms with van der Waals surface area (Å²) >= 11 is 1.24. The Morgan fingerprint density at radius 2 is 1.77 bits per heavy atom. The second-order valence-corrected chi connectivity index (χ2v) is 10.6. The second-order valence-electron chi connectivity index (χ2n) is 9.58. The van der Waals surface area contributed by atoms with Crippen LogP contribution in [0, 0.1) is 0 Å². The van der Waals surface area contributed by atoms with Crippen LogP contribution in [-0.2, 0) is 19.1 Å². The Hall–Kier alpha value is -4.38. The second kappa shape index (κ2) is 14.7. The number of nitrogens with zero attached hydrogens (tertiary/aromatic N) is 2. The minimum atomic E-state index is -0.833. The molecule has 0 bridgehead atoms. The number of benzene rings is 2. The van der Waals surface area contributed by atoms with E-state index in [0.29, 0.717) is 45.3 Å². The SMILES string of the molecule is CCCCOc1ccc(/C=c2\sc3n(c2=O)[C@@H](c2ccc(OCC(=O)OC)c(OCC)c2)C(C(=O)OCC)=C(C)N=3)cc1. The summed E-state index contributed by atoms with van der Waals surface area (Å²) in [4.78, 5) is 43.9. The van der Waals surface area contributed by atoms with E-state index in [0.717, 1.165) is 24.2 Å². The molecule has 1 aliphatic rings. The molecule has 0 saturated heterocycles. The first-order valence-electron chi connectivity index (χ1n) is 14.2. The molecule has 1 aliphatic heterocycles. The zero-order chi connectivity index (χ0) is 30.9. The number of unbranched alkanes of at least 4 members (excludes halogenated alkanes) is 1. The van der Waals surface area contributed by atoms with Crippen LogP contribution in [0.2, 0.25) is 0 Å². The van der Waals surface area contributed by atoms with Gasteiger partial charge in [-0.2, -0.15) is 0 Å². The van der Waals surface area contributed by atoms with Crippen molar-refractivity contribution in [2.75, 3.05) is 33.5 Å². The number of ether oxygens (including phenoxy) is 5. The maximum Gasteiger partial charge on any atom is 0.343 e. The highest BCUT2D eigenvalue weighted by Gasteiger charge is 2.34. The van der Waals surface area contributed by atoms with Crippen LogP contribution < -0.4 is 29.1 Å². The number of methoxy groups -OCH3 is 1. The number of aromatic nitrogens is 1. The van der Waals surface area contributed by atoms with Gasteiger partial charge in [-0.05, 0) is 68.7 Å². The number of rotatable bonds is 13. The predicted molar refractivity (Wildman–Crippen MR) is 162 cm³/mol. The summed E-state index contributed by atoms with van der Waals surface area (Å²) in [6.07, 6.45) is 3.83. The van der Waals surface area contributed by atoms with E-state index in [2.05, 4.69) is 16.7 Å². The monoisotopic (exact) mass is 608 g/mol. The lowest BCUT2D eigenvalue weighted by atomic mass is 9.95. The van der Waals surface area contributed by atoms with Crippen LogP contribution in [0.25, 0.3) is 6.08 Å². The fourth-order valence-corrected chi connectivity index (χ4v) is 5.58. The third-order valence-electron chi connectivity index (χ3n) is 6.62. The van der Waals surface area contributed by atoms with Crippen molar-refractivity contribution in [2.24, 2.45) is 4.99 Å². The van der Waals surface area contributed by atoms with Gasteiger partial charge in [0.05, 0.1) is 48.8 Å². The fourth-order valence-electron chi connectivity index (χ4n) is 4.53. The number of esters is 2. The van der Waals surface area contributed by atoms with Crippen molar-refractivity contribution < 1.29 is 33.3 Å². The zero-order valence-electron chi connectivity index (χ0n) is 25.0. The summed E-state index contributed by atoms with van der Waals surface area (Å²) < 4.78 is 29.2. The first kappa shape index (κ1) is 31.6. The van der Waals surface area contributed by atoms with Gasteiger partial charge in [-0.15, -0.1) is 0 Å². The van der Waals surface area contributed by atoms with Gasteiger partial charge < -0.3 is 23.7 Å². The highest BCUT2D eigenvalue weighted by atomic mass is 32.1. The molecule has 228 valence electrons. The molecule has 1 atom stereocenters. The lowest BCUT2D eigenvalue weighted by Gasteiger charge is -2.25. The van der Waals surface area contributed by atoms with Crippen LogP contribution in [0.4, 0.5) is 0 Å². The fraction of sp³-hybridized carbons (Fsp3) is 0.375. The maximum atomic E-state index is 13.9. The minimum absolute atomic E-state index is 0.162. The van der Waals surface area contributed by atoms with E-state index in [4.69, 9.17) is 18.9 Å². The molecule has 0 amide bonds. The van der Waals surface area contributed by atoms with Crippen molar-refractivity contribution in [3.8, 4) is 17.2 Å². The smallest absolute Gasteiger partial charge is 0.343 e. The molecule has 0 fully saturated rings. The van der Waals surface area contributed by atoms with Gasteiger partial charge in [0.15, 0.2) is 22.9 Å². The Morgan fingerprint density at radius 3 is 2.44 bits per heavy atom. The number of fused-ring (bicyclic) bond motifs is 1. The highest BCUT2D eigenvalue weighted by Crippen LogP contribution is 2.36. The first-order chi connectivity index (χ1) is 20.8. The molecule has 0 aliphatic carbocycles. The summed E-state index contributed by atoms with van der Waals surface area (Å²) in [5.74, 6) is 0.339. The van der Waals surface area contributed by atoms with Gasteiger partial charge in [0, 0.05) is 0 Å². The van der Waals surface area contributed by atoms with Gasteiger partial charge in [-0.1, -0.05) is 42.9 Å². The molecule has 43 heavy (non-hydrogen) atoms. The Labute approximate surface area is 253 Å². The zero-order valence-corrected chi connectivity index (χ0v) is 25.8. The largest absolute Gasteiger partial charge is 0.494 e. The van der Waals surface area contributed by atoms with Crippen molar-refractivity contribution in [3.63, 3.8) is 0 Å². The van der Waals surface area contributed by atoms with Gasteiger partial charge in [0.1, 0.15) is 5.75 Å². The molecular weight excluding hydrogens is 572 g/mol. The Kier molecular flexibility index (Phi) is 10.8. The van der Waals surface area contributed by atoms with E-state index in [1.54, 1.807) is 38.1 Å². The number of hydrogen-bond donors (Lipinski definition) is 0. The van der Waals surface area contributed by atoms with Crippen LogP contribution in [0.15, 0.2) is 63.5 Å². The van der Waals surface area contributed by atoms with E-state index in [-0.39, 0.29) is 24.3 Å². The summed E-state index contributed by atoms with van der Waals surface area (Å²) in [5, 5.41) is 0. The molecule has 11 heteroatoms. The lowest BCUT2D eigenvalue weighted by molar-refractivity contribution is -0.143. The normalized spacial score (nSPS) is 14.5. The maximum absolute atomic E-state index is 13.9. The van der Waals surface area contributed by atoms with Crippen molar-refractivity contribution in [1.82, 2.24) is 4.57 Å². The van der Waals surface area contributed by atoms with Crippen LogP contribution in [0.3, 0.4) is 0 Å². The number of carbonyl (C=O) groups is 2. The van der Waals surface area contributed by atoms with Crippen molar-refractivity contribution >= 4 is 29.4 Å². The van der Waals surface area contributed by atoms with E-state index >= 15 is 0 Å². The summed E-state index contributed by atoms with van der Waals surface area (Å²) in [5.41, 5.74) is 1.83. The van der Waals surface area contributed by atoms with Crippen molar-refractivity contribution in [3.05, 3.63) is 84.5 Å². The molecule has 0 N–H and O–H groups in total. The molecule has 2 heterocycles. The van der Waals surface area contributed by atoms with Gasteiger partial charge in [-0.3, -0.25) is 9.36 Å². The van der Waals surface area contributed by atoms with Gasteiger partial charge in [-0.25, -0.2) is 14.6 Å². The molecule has 0 spiro atoms. The van der Waals surface area contributed by atoms with E-state index in [1.165, 1.54) is 23.0 Å². The Bertz CT molecular complexity index is 1670. The number of hydrogen-bond acceptors (Lipinski definition) is 10. The van der Waals surface area contributed by atoms with E-state index in [1.807, 2.05) is 31.2 Å². The van der Waals surface area contributed by atoms with Gasteiger partial charge in [0.25, 0.3) is 5.56 Å². The molecule has 4 rings (SSSR count). The number of carbonyl (C=O) groups excluding carboxylic acids is 2. The Morgan fingerprint density at radius 1 is 1.00 bits per heavy atom. The molecule has 1 aromatic heterocycles. The van der Waals surface area contributed by atoms with Gasteiger partial charge >= 0.3 is 11.9 Å². The van der Waals surface area contributed by atoms with Crippen molar-refractivity contribution in [1.29, 1.82) is 0 Å². The molecule has 0 radical (unpaired) electrons. The first-order valence-corrected chi connectivity index (χ1v) is 15.0. The molecule has 2 aromatic carbocycles. The number of allylic oxidation sites excluding steroid dienone is 1.